The van der Waals surface area contributed by atoms with Crippen molar-refractivity contribution in [2.75, 3.05) is 35.3 Å². The van der Waals surface area contributed by atoms with E-state index in [1.54, 1.807) is 54.8 Å². The molecule has 4 aromatic rings. The predicted molar refractivity (Wildman–Crippen MR) is 128 cm³/mol. The summed E-state index contributed by atoms with van der Waals surface area (Å²) in [4.78, 5) is 36.6. The van der Waals surface area contributed by atoms with E-state index in [0.29, 0.717) is 37.4 Å². The minimum Gasteiger partial charge on any atom is -0.380 e. The molecule has 0 radical (unpaired) electrons. The molecule has 168 valence electrons. The second kappa shape index (κ2) is 10.0. The van der Waals surface area contributed by atoms with Gasteiger partial charge < -0.3 is 15.1 Å². The third-order valence-corrected chi connectivity index (χ3v) is 5.44. The highest BCUT2D eigenvalue weighted by molar-refractivity contribution is 5.80. The zero-order valence-electron chi connectivity index (χ0n) is 18.2. The summed E-state index contributed by atoms with van der Waals surface area (Å²) in [6.07, 6.45) is 5.71. The predicted octanol–water partition coefficient (Wildman–Crippen LogP) is 3.49. The molecule has 0 bridgehead atoms. The molecule has 0 unspecified atom stereocenters. The maximum absolute atomic E-state index is 13.3. The number of aromatic nitrogens is 2. The van der Waals surface area contributed by atoms with E-state index < -0.39 is 10.9 Å². The Hall–Kier alpha value is -4.07. The van der Waals surface area contributed by atoms with Gasteiger partial charge in [-0.3, -0.25) is 14.6 Å². The highest BCUT2D eigenvalue weighted by Gasteiger charge is 2.24. The number of hydrogen-bond acceptors (Lipinski definition) is 7. The monoisotopic (exact) mass is 445 g/mol. The largest absolute Gasteiger partial charge is 0.380 e. The molecule has 0 saturated heterocycles. The summed E-state index contributed by atoms with van der Waals surface area (Å²) < 4.78 is 13.3. The lowest BCUT2D eigenvalue weighted by atomic mass is 10.1. The lowest BCUT2D eigenvalue weighted by Gasteiger charge is -2.25. The van der Waals surface area contributed by atoms with Gasteiger partial charge in [0.15, 0.2) is 0 Å². The fourth-order valence-electron chi connectivity index (χ4n) is 3.67. The van der Waals surface area contributed by atoms with Gasteiger partial charge in [0, 0.05) is 51.0 Å². The van der Waals surface area contributed by atoms with E-state index >= 15 is 0 Å². The molecular weight excluding hydrogens is 421 g/mol. The van der Waals surface area contributed by atoms with Crippen LogP contribution in [0.25, 0.3) is 0 Å². The molecule has 33 heavy (non-hydrogen) atoms. The SMILES string of the molecule is CN(c1ccncc1)c1c(NCCCN(Cc2ccc(F)cc2)c2ccccn2)c(=O)c1=O. The minimum atomic E-state index is -0.501. The average Bonchev–Trinajstić information content (AvgIpc) is 2.86. The van der Waals surface area contributed by atoms with Gasteiger partial charge in [-0.15, -0.1) is 0 Å². The normalized spacial score (nSPS) is 10.8. The van der Waals surface area contributed by atoms with Crippen LogP contribution in [-0.4, -0.2) is 30.1 Å². The van der Waals surface area contributed by atoms with Crippen molar-refractivity contribution < 1.29 is 4.39 Å². The average molecular weight is 445 g/mol. The van der Waals surface area contributed by atoms with Crippen molar-refractivity contribution in [3.05, 3.63) is 105 Å². The Kier molecular flexibility index (Phi) is 6.73. The van der Waals surface area contributed by atoms with E-state index in [-0.39, 0.29) is 5.82 Å². The van der Waals surface area contributed by atoms with E-state index in [1.807, 2.05) is 18.2 Å². The van der Waals surface area contributed by atoms with Crippen molar-refractivity contribution in [2.45, 2.75) is 13.0 Å². The molecule has 4 rings (SSSR count). The highest BCUT2D eigenvalue weighted by Crippen LogP contribution is 2.26. The van der Waals surface area contributed by atoms with Gasteiger partial charge in [0.2, 0.25) is 0 Å². The fraction of sp³-hybridized carbons (Fsp3) is 0.200. The first-order valence-corrected chi connectivity index (χ1v) is 10.7. The Labute approximate surface area is 190 Å². The van der Waals surface area contributed by atoms with Crippen LogP contribution in [0.1, 0.15) is 12.0 Å². The van der Waals surface area contributed by atoms with Crippen LogP contribution in [0.2, 0.25) is 0 Å². The molecule has 0 spiro atoms. The zero-order chi connectivity index (χ0) is 23.2. The number of benzene rings is 1. The molecule has 7 nitrogen and oxygen atoms in total. The Balaban J connectivity index is 1.40. The standard InChI is InChI=1S/C25H24FN5O2/c1-30(20-10-14-27-15-11-20)23-22(24(32)25(23)33)29-13-4-16-31(21-5-2-3-12-28-21)17-18-6-8-19(26)9-7-18/h2-3,5-12,14-15,29H,4,13,16-17H2,1H3. The first-order valence-electron chi connectivity index (χ1n) is 10.7. The first-order chi connectivity index (χ1) is 16.0. The van der Waals surface area contributed by atoms with Gasteiger partial charge in [-0.05, 0) is 48.4 Å². The number of rotatable bonds is 10. The second-order valence-corrected chi connectivity index (χ2v) is 7.66. The summed E-state index contributed by atoms with van der Waals surface area (Å²) in [5.74, 6) is 0.543. The molecule has 2 aromatic carbocycles. The molecular formula is C25H24FN5O2. The van der Waals surface area contributed by atoms with Crippen molar-refractivity contribution in [2.24, 2.45) is 0 Å². The lowest BCUT2D eigenvalue weighted by Crippen LogP contribution is -2.40. The number of nitrogens with zero attached hydrogens (tertiary/aromatic N) is 4. The summed E-state index contributed by atoms with van der Waals surface area (Å²) in [6.45, 7) is 1.74. The molecule has 1 N–H and O–H groups in total. The molecule has 2 aromatic heterocycles. The van der Waals surface area contributed by atoms with Gasteiger partial charge in [-0.2, -0.15) is 0 Å². The van der Waals surface area contributed by atoms with Crippen LogP contribution < -0.4 is 26.0 Å². The van der Waals surface area contributed by atoms with Crippen molar-refractivity contribution >= 4 is 22.9 Å². The fourth-order valence-corrected chi connectivity index (χ4v) is 3.67. The van der Waals surface area contributed by atoms with Gasteiger partial charge in [0.25, 0.3) is 10.9 Å². The number of anilines is 4. The maximum Gasteiger partial charge on any atom is 0.253 e. The minimum absolute atomic E-state index is 0.270. The molecule has 0 aliphatic carbocycles. The van der Waals surface area contributed by atoms with Crippen molar-refractivity contribution in [1.82, 2.24) is 9.97 Å². The molecule has 2 heterocycles. The van der Waals surface area contributed by atoms with Crippen molar-refractivity contribution in [1.29, 1.82) is 0 Å². The van der Waals surface area contributed by atoms with Crippen LogP contribution in [0.4, 0.5) is 27.3 Å². The first kappa shape index (κ1) is 22.1. The molecule has 0 aliphatic heterocycles. The van der Waals surface area contributed by atoms with Crippen LogP contribution in [-0.2, 0) is 6.54 Å². The molecule has 0 aliphatic rings. The van der Waals surface area contributed by atoms with E-state index in [0.717, 1.165) is 17.1 Å². The van der Waals surface area contributed by atoms with Crippen LogP contribution >= 0.6 is 0 Å². The van der Waals surface area contributed by atoms with Crippen LogP contribution in [0.15, 0.2) is 82.8 Å². The molecule has 8 heteroatoms. The number of nitrogens with one attached hydrogen (secondary N) is 1. The summed E-state index contributed by atoms with van der Waals surface area (Å²) in [7, 11) is 1.75. The Bertz CT molecular complexity index is 1260. The van der Waals surface area contributed by atoms with E-state index in [2.05, 4.69) is 20.2 Å². The quantitative estimate of drug-likeness (QED) is 0.296. The Morgan fingerprint density at radius 1 is 0.939 bits per heavy atom. The van der Waals surface area contributed by atoms with Crippen molar-refractivity contribution in [3.8, 4) is 0 Å². The Morgan fingerprint density at radius 2 is 1.70 bits per heavy atom. The third-order valence-electron chi connectivity index (χ3n) is 5.44. The second-order valence-electron chi connectivity index (χ2n) is 7.66. The summed E-state index contributed by atoms with van der Waals surface area (Å²) in [5, 5.41) is 3.13. The Morgan fingerprint density at radius 3 is 2.39 bits per heavy atom. The van der Waals surface area contributed by atoms with Gasteiger partial charge in [0.05, 0.1) is 0 Å². The van der Waals surface area contributed by atoms with Crippen molar-refractivity contribution in [3.63, 3.8) is 0 Å². The van der Waals surface area contributed by atoms with E-state index in [1.165, 1.54) is 12.1 Å². The van der Waals surface area contributed by atoms with Crippen LogP contribution in [0.5, 0.6) is 0 Å². The molecule has 0 atom stereocenters. The van der Waals surface area contributed by atoms with Gasteiger partial charge in [0.1, 0.15) is 23.0 Å². The number of halogens is 1. The molecule has 0 amide bonds. The van der Waals surface area contributed by atoms with Gasteiger partial charge in [-0.1, -0.05) is 18.2 Å². The number of pyridine rings is 2. The summed E-state index contributed by atoms with van der Waals surface area (Å²) in [5.41, 5.74) is 1.45. The maximum atomic E-state index is 13.3. The van der Waals surface area contributed by atoms with E-state index in [4.69, 9.17) is 0 Å². The summed E-state index contributed by atoms with van der Waals surface area (Å²) in [6, 6.07) is 15.7. The van der Waals surface area contributed by atoms with Gasteiger partial charge >= 0.3 is 0 Å². The third kappa shape index (κ3) is 5.06. The lowest BCUT2D eigenvalue weighted by molar-refractivity contribution is 0.626. The highest BCUT2D eigenvalue weighted by atomic mass is 19.1. The number of hydrogen-bond donors (Lipinski definition) is 1. The molecule has 0 saturated carbocycles. The zero-order valence-corrected chi connectivity index (χ0v) is 18.2. The topological polar surface area (TPSA) is 78.4 Å². The van der Waals surface area contributed by atoms with Crippen LogP contribution in [0, 0.1) is 5.82 Å². The molecule has 0 fully saturated rings. The van der Waals surface area contributed by atoms with Crippen LogP contribution in [0.3, 0.4) is 0 Å². The van der Waals surface area contributed by atoms with E-state index in [9.17, 15) is 14.0 Å². The van der Waals surface area contributed by atoms with Gasteiger partial charge in [-0.25, -0.2) is 9.37 Å². The summed E-state index contributed by atoms with van der Waals surface area (Å²) >= 11 is 0. The smallest absolute Gasteiger partial charge is 0.253 e.